The van der Waals surface area contributed by atoms with Crippen LogP contribution in [-0.4, -0.2) is 46.7 Å². The van der Waals surface area contributed by atoms with Gasteiger partial charge in [0.05, 0.1) is 11.6 Å². The molecule has 2 aromatic rings. The molecule has 3 aliphatic rings. The fourth-order valence-electron chi connectivity index (χ4n) is 5.33. The molecule has 2 saturated heterocycles. The van der Waals surface area contributed by atoms with Gasteiger partial charge in [-0.15, -0.1) is 0 Å². The summed E-state index contributed by atoms with van der Waals surface area (Å²) in [6, 6.07) is 12.2. The summed E-state index contributed by atoms with van der Waals surface area (Å²) in [5.41, 5.74) is 3.33. The standard InChI is InChI=1S/C26H25FN4O3/c27-22-12-21-19(15-31(26(21)34)23-5-6-24(32)29-25(23)33)11-20(22)16-7-9-30(10-8-16)14-18-4-2-1-3-17(18)13-28/h1-4,11-12,16,23H,5-10,14-15H2,(H,29,32,33). The number of likely N-dealkylation sites (tertiary alicyclic amines) is 1. The van der Waals surface area contributed by atoms with Gasteiger partial charge >= 0.3 is 0 Å². The van der Waals surface area contributed by atoms with E-state index in [1.807, 2.05) is 24.3 Å². The summed E-state index contributed by atoms with van der Waals surface area (Å²) in [5.74, 6) is -1.50. The number of nitriles is 1. The molecule has 1 unspecified atom stereocenters. The Bertz CT molecular complexity index is 1210. The number of nitrogens with zero attached hydrogens (tertiary/aromatic N) is 3. The van der Waals surface area contributed by atoms with E-state index in [2.05, 4.69) is 16.3 Å². The van der Waals surface area contributed by atoms with Gasteiger partial charge in [-0.3, -0.25) is 24.6 Å². The molecule has 3 aliphatic heterocycles. The third kappa shape index (κ3) is 4.08. The Labute approximate surface area is 197 Å². The quantitative estimate of drug-likeness (QED) is 0.709. The van der Waals surface area contributed by atoms with E-state index >= 15 is 4.39 Å². The third-order valence-electron chi connectivity index (χ3n) is 7.20. The summed E-state index contributed by atoms with van der Waals surface area (Å²) in [7, 11) is 0. The molecular weight excluding hydrogens is 435 g/mol. The average molecular weight is 461 g/mol. The molecule has 0 bridgehead atoms. The van der Waals surface area contributed by atoms with E-state index < -0.39 is 11.9 Å². The lowest BCUT2D eigenvalue weighted by atomic mass is 9.87. The number of imide groups is 1. The van der Waals surface area contributed by atoms with Crippen molar-refractivity contribution in [3.8, 4) is 6.07 Å². The van der Waals surface area contributed by atoms with Crippen LogP contribution in [0.15, 0.2) is 36.4 Å². The Morgan fingerprint density at radius 3 is 2.59 bits per heavy atom. The van der Waals surface area contributed by atoms with Crippen molar-refractivity contribution in [2.45, 2.75) is 50.7 Å². The highest BCUT2D eigenvalue weighted by Gasteiger charge is 2.40. The van der Waals surface area contributed by atoms with Crippen LogP contribution in [0.5, 0.6) is 0 Å². The van der Waals surface area contributed by atoms with Crippen LogP contribution in [0, 0.1) is 17.1 Å². The van der Waals surface area contributed by atoms with Crippen molar-refractivity contribution in [3.63, 3.8) is 0 Å². The molecule has 0 radical (unpaired) electrons. The minimum atomic E-state index is -0.705. The van der Waals surface area contributed by atoms with Crippen LogP contribution in [0.4, 0.5) is 4.39 Å². The maximum absolute atomic E-state index is 15.1. The number of fused-ring (bicyclic) bond motifs is 1. The molecule has 5 rings (SSSR count). The van der Waals surface area contributed by atoms with Crippen LogP contribution in [0.1, 0.15) is 64.2 Å². The topological polar surface area (TPSA) is 93.5 Å². The van der Waals surface area contributed by atoms with Crippen molar-refractivity contribution in [1.82, 2.24) is 15.1 Å². The predicted molar refractivity (Wildman–Crippen MR) is 121 cm³/mol. The number of rotatable bonds is 4. The van der Waals surface area contributed by atoms with Gasteiger partial charge in [0.25, 0.3) is 5.91 Å². The molecule has 0 saturated carbocycles. The Morgan fingerprint density at radius 1 is 1.09 bits per heavy atom. The molecular formula is C26H25FN4O3. The number of nitrogens with one attached hydrogen (secondary N) is 1. The lowest BCUT2D eigenvalue weighted by Gasteiger charge is -2.32. The van der Waals surface area contributed by atoms with E-state index in [4.69, 9.17) is 0 Å². The second-order valence-electron chi connectivity index (χ2n) is 9.25. The molecule has 1 atom stereocenters. The molecule has 3 heterocycles. The molecule has 7 nitrogen and oxygen atoms in total. The zero-order chi connectivity index (χ0) is 23.8. The minimum Gasteiger partial charge on any atom is -0.322 e. The third-order valence-corrected chi connectivity index (χ3v) is 7.20. The van der Waals surface area contributed by atoms with Gasteiger partial charge in [0.15, 0.2) is 0 Å². The van der Waals surface area contributed by atoms with E-state index in [1.165, 1.54) is 11.0 Å². The number of hydrogen-bond donors (Lipinski definition) is 1. The van der Waals surface area contributed by atoms with E-state index in [9.17, 15) is 19.6 Å². The number of amides is 3. The van der Waals surface area contributed by atoms with Crippen molar-refractivity contribution in [3.05, 3.63) is 70.0 Å². The lowest BCUT2D eigenvalue weighted by Crippen LogP contribution is -2.52. The monoisotopic (exact) mass is 460 g/mol. The van der Waals surface area contributed by atoms with Gasteiger partial charge < -0.3 is 4.90 Å². The highest BCUT2D eigenvalue weighted by atomic mass is 19.1. The van der Waals surface area contributed by atoms with Gasteiger partial charge in [-0.2, -0.15) is 5.26 Å². The zero-order valence-electron chi connectivity index (χ0n) is 18.7. The largest absolute Gasteiger partial charge is 0.322 e. The summed E-state index contributed by atoms with van der Waals surface area (Å²) < 4.78 is 15.1. The molecule has 1 N–H and O–H groups in total. The summed E-state index contributed by atoms with van der Waals surface area (Å²) >= 11 is 0. The molecule has 0 aromatic heterocycles. The van der Waals surface area contributed by atoms with E-state index in [-0.39, 0.29) is 42.9 Å². The van der Waals surface area contributed by atoms with Gasteiger partial charge in [-0.25, -0.2) is 4.39 Å². The fourth-order valence-corrected chi connectivity index (χ4v) is 5.33. The van der Waals surface area contributed by atoms with E-state index in [0.717, 1.165) is 37.1 Å². The highest BCUT2D eigenvalue weighted by Crippen LogP contribution is 2.35. The molecule has 2 aromatic carbocycles. The Hall–Kier alpha value is -3.57. The van der Waals surface area contributed by atoms with Crippen LogP contribution in [0.2, 0.25) is 0 Å². The smallest absolute Gasteiger partial charge is 0.255 e. The minimum absolute atomic E-state index is 0.0486. The average Bonchev–Trinajstić information content (AvgIpc) is 3.14. The fraction of sp³-hybridized carbons (Fsp3) is 0.385. The normalized spacial score (nSPS) is 21.4. The number of halogens is 1. The first-order chi connectivity index (χ1) is 16.4. The molecule has 34 heavy (non-hydrogen) atoms. The molecule has 0 aliphatic carbocycles. The molecule has 2 fully saturated rings. The number of hydrogen-bond acceptors (Lipinski definition) is 5. The van der Waals surface area contributed by atoms with Crippen LogP contribution >= 0.6 is 0 Å². The maximum atomic E-state index is 15.1. The molecule has 174 valence electrons. The van der Waals surface area contributed by atoms with E-state index in [0.29, 0.717) is 23.2 Å². The Kier molecular flexibility index (Phi) is 5.88. The molecule has 3 amide bonds. The molecule has 8 heteroatoms. The number of piperidine rings is 2. The lowest BCUT2D eigenvalue weighted by molar-refractivity contribution is -0.136. The zero-order valence-corrected chi connectivity index (χ0v) is 18.7. The van der Waals surface area contributed by atoms with Gasteiger partial charge in [-0.1, -0.05) is 24.3 Å². The second-order valence-corrected chi connectivity index (χ2v) is 9.25. The second kappa shape index (κ2) is 8.99. The maximum Gasteiger partial charge on any atom is 0.255 e. The number of carbonyl (C=O) groups excluding carboxylic acids is 3. The summed E-state index contributed by atoms with van der Waals surface area (Å²) in [6.07, 6.45) is 2.05. The summed E-state index contributed by atoms with van der Waals surface area (Å²) in [4.78, 5) is 40.3. The van der Waals surface area contributed by atoms with Crippen molar-refractivity contribution < 1.29 is 18.8 Å². The van der Waals surface area contributed by atoms with Gasteiger partial charge in [-0.05, 0) is 67.1 Å². The Balaban J connectivity index is 1.27. The summed E-state index contributed by atoms with van der Waals surface area (Å²) in [6.45, 7) is 2.53. The number of carbonyl (C=O) groups is 3. The van der Waals surface area contributed by atoms with Gasteiger partial charge in [0.1, 0.15) is 11.9 Å². The number of benzene rings is 2. The first-order valence-electron chi connectivity index (χ1n) is 11.6. The van der Waals surface area contributed by atoms with Crippen LogP contribution in [0.25, 0.3) is 0 Å². The first-order valence-corrected chi connectivity index (χ1v) is 11.6. The van der Waals surface area contributed by atoms with Gasteiger partial charge in [0.2, 0.25) is 11.8 Å². The van der Waals surface area contributed by atoms with Crippen LogP contribution in [-0.2, 0) is 22.7 Å². The predicted octanol–water partition coefficient (Wildman–Crippen LogP) is 2.84. The van der Waals surface area contributed by atoms with E-state index in [1.54, 1.807) is 6.07 Å². The van der Waals surface area contributed by atoms with Crippen molar-refractivity contribution in [2.24, 2.45) is 0 Å². The highest BCUT2D eigenvalue weighted by molar-refractivity contribution is 6.05. The SMILES string of the molecule is N#Cc1ccccc1CN1CCC(c2cc3c(cc2F)C(=O)N(C2CCC(=O)NC2=O)C3)CC1. The van der Waals surface area contributed by atoms with Crippen molar-refractivity contribution >= 4 is 17.7 Å². The summed E-state index contributed by atoms with van der Waals surface area (Å²) in [5, 5.41) is 11.6. The Morgan fingerprint density at radius 2 is 1.85 bits per heavy atom. The first kappa shape index (κ1) is 22.2. The molecule has 0 spiro atoms. The van der Waals surface area contributed by atoms with Crippen molar-refractivity contribution in [2.75, 3.05) is 13.1 Å². The van der Waals surface area contributed by atoms with Crippen LogP contribution < -0.4 is 5.32 Å². The van der Waals surface area contributed by atoms with Crippen LogP contribution in [0.3, 0.4) is 0 Å². The van der Waals surface area contributed by atoms with Crippen molar-refractivity contribution in [1.29, 1.82) is 5.26 Å². The van der Waals surface area contributed by atoms with Gasteiger partial charge in [0, 0.05) is 25.1 Å².